The van der Waals surface area contributed by atoms with E-state index in [4.69, 9.17) is 16.3 Å². The molecule has 4 aromatic rings. The van der Waals surface area contributed by atoms with E-state index in [2.05, 4.69) is 30.3 Å². The van der Waals surface area contributed by atoms with Gasteiger partial charge in [0, 0.05) is 51.0 Å². The second-order valence-corrected chi connectivity index (χ2v) is 9.20. The van der Waals surface area contributed by atoms with Gasteiger partial charge in [-0.2, -0.15) is 5.10 Å². The van der Waals surface area contributed by atoms with E-state index in [1.54, 1.807) is 28.8 Å². The van der Waals surface area contributed by atoms with Crippen molar-refractivity contribution in [2.24, 2.45) is 7.05 Å². The molecule has 11 heteroatoms. The Balaban J connectivity index is 1.30. The van der Waals surface area contributed by atoms with Crippen LogP contribution in [0.2, 0.25) is 5.02 Å². The lowest BCUT2D eigenvalue weighted by atomic mass is 10.2. The zero-order valence-corrected chi connectivity index (χ0v) is 20.9. The number of fused-ring (bicyclic) bond motifs is 1. The zero-order chi connectivity index (χ0) is 25.1. The number of hydrogen-bond acceptors (Lipinski definition) is 8. The van der Waals surface area contributed by atoms with Gasteiger partial charge >= 0.3 is 0 Å². The van der Waals surface area contributed by atoms with Crippen molar-refractivity contribution in [1.29, 1.82) is 0 Å². The Bertz CT molecular complexity index is 1390. The van der Waals surface area contributed by atoms with E-state index in [-0.39, 0.29) is 16.8 Å². The predicted octanol–water partition coefficient (Wildman–Crippen LogP) is 4.12. The van der Waals surface area contributed by atoms with E-state index in [0.717, 1.165) is 30.5 Å². The van der Waals surface area contributed by atoms with Crippen molar-refractivity contribution in [3.05, 3.63) is 59.6 Å². The van der Waals surface area contributed by atoms with E-state index in [1.165, 1.54) is 25.4 Å². The van der Waals surface area contributed by atoms with Gasteiger partial charge in [0.05, 0.1) is 11.1 Å². The summed E-state index contributed by atoms with van der Waals surface area (Å²) in [6.07, 6.45) is 7.28. The number of rotatable bonds is 8. The zero-order valence-electron chi connectivity index (χ0n) is 20.2. The summed E-state index contributed by atoms with van der Waals surface area (Å²) in [5.41, 5.74) is 1.16. The van der Waals surface area contributed by atoms with Crippen LogP contribution in [0.25, 0.3) is 10.9 Å². The number of likely N-dealkylation sites (N-methyl/N-ethyl adjacent to an activating group) is 1. The SMILES string of the molecule is CN(CCN1CCCC1)C(=O)c1cnc(Oc2ccc3ncnc(Nc4ccn(C)n4)c3c2)c(Cl)c1. The molecular weight excluding hydrogens is 480 g/mol. The number of halogens is 1. The van der Waals surface area contributed by atoms with Crippen LogP contribution in [-0.2, 0) is 7.05 Å². The average molecular weight is 507 g/mol. The maximum Gasteiger partial charge on any atom is 0.255 e. The Morgan fingerprint density at radius 2 is 2.00 bits per heavy atom. The molecular formula is C25H27ClN8O2. The molecule has 5 rings (SSSR count). The van der Waals surface area contributed by atoms with Crippen LogP contribution in [0.15, 0.2) is 49.1 Å². The lowest BCUT2D eigenvalue weighted by Gasteiger charge is -2.21. The average Bonchev–Trinajstić information content (AvgIpc) is 3.55. The topological polar surface area (TPSA) is 101 Å². The largest absolute Gasteiger partial charge is 0.438 e. The summed E-state index contributed by atoms with van der Waals surface area (Å²) in [5, 5.41) is 8.54. The van der Waals surface area contributed by atoms with Gasteiger partial charge in [0.25, 0.3) is 5.91 Å². The molecule has 1 aliphatic heterocycles. The second-order valence-electron chi connectivity index (χ2n) is 8.79. The number of nitrogens with one attached hydrogen (secondary N) is 1. The maximum atomic E-state index is 12.8. The standard InChI is InChI=1S/C25H27ClN8O2/c1-32(11-12-34-8-3-4-9-34)25(35)17-13-20(26)24(27-15-17)36-18-5-6-21-19(14-18)23(29-16-28-21)30-22-7-10-33(2)31-22/h5-7,10,13-16H,3-4,8-9,11-12H2,1-2H3,(H,28,29,30,31). The fourth-order valence-electron chi connectivity index (χ4n) is 4.15. The highest BCUT2D eigenvalue weighted by atomic mass is 35.5. The number of pyridine rings is 1. The summed E-state index contributed by atoms with van der Waals surface area (Å²) < 4.78 is 7.66. The monoisotopic (exact) mass is 506 g/mol. The van der Waals surface area contributed by atoms with Gasteiger partial charge in [-0.1, -0.05) is 11.6 Å². The van der Waals surface area contributed by atoms with Crippen molar-refractivity contribution in [2.45, 2.75) is 12.8 Å². The van der Waals surface area contributed by atoms with Gasteiger partial charge in [-0.05, 0) is 50.2 Å². The normalized spacial score (nSPS) is 13.8. The fraction of sp³-hybridized carbons (Fsp3) is 0.320. The molecule has 1 amide bonds. The van der Waals surface area contributed by atoms with Gasteiger partial charge in [-0.3, -0.25) is 9.48 Å². The van der Waals surface area contributed by atoms with Crippen LogP contribution in [0.5, 0.6) is 11.6 Å². The molecule has 0 saturated carbocycles. The first kappa shape index (κ1) is 24.0. The molecule has 0 atom stereocenters. The Kier molecular flexibility index (Phi) is 6.97. The van der Waals surface area contributed by atoms with E-state index in [9.17, 15) is 4.79 Å². The van der Waals surface area contributed by atoms with Gasteiger partial charge in [-0.15, -0.1) is 0 Å². The lowest BCUT2D eigenvalue weighted by Crippen LogP contribution is -2.35. The molecule has 36 heavy (non-hydrogen) atoms. The van der Waals surface area contributed by atoms with Crippen molar-refractivity contribution < 1.29 is 9.53 Å². The minimum Gasteiger partial charge on any atom is -0.438 e. The van der Waals surface area contributed by atoms with E-state index in [1.807, 2.05) is 31.4 Å². The number of amides is 1. The third kappa shape index (κ3) is 5.39. The van der Waals surface area contributed by atoms with Crippen molar-refractivity contribution >= 4 is 40.0 Å². The summed E-state index contributed by atoms with van der Waals surface area (Å²) in [5.74, 6) is 1.87. The maximum absolute atomic E-state index is 12.8. The number of ether oxygens (including phenoxy) is 1. The summed E-state index contributed by atoms with van der Waals surface area (Å²) in [6, 6.07) is 8.87. The summed E-state index contributed by atoms with van der Waals surface area (Å²) >= 11 is 6.45. The minimum atomic E-state index is -0.122. The Morgan fingerprint density at radius 1 is 1.17 bits per heavy atom. The molecule has 10 nitrogen and oxygen atoms in total. The van der Waals surface area contributed by atoms with Crippen LogP contribution < -0.4 is 10.1 Å². The van der Waals surface area contributed by atoms with E-state index < -0.39 is 0 Å². The number of carbonyl (C=O) groups is 1. The quantitative estimate of drug-likeness (QED) is 0.381. The highest BCUT2D eigenvalue weighted by molar-refractivity contribution is 6.32. The van der Waals surface area contributed by atoms with Crippen LogP contribution >= 0.6 is 11.6 Å². The van der Waals surface area contributed by atoms with Crippen molar-refractivity contribution in [2.75, 3.05) is 38.5 Å². The molecule has 1 N–H and O–H groups in total. The molecule has 0 radical (unpaired) electrons. The number of aromatic nitrogens is 5. The first-order valence-electron chi connectivity index (χ1n) is 11.8. The highest BCUT2D eigenvalue weighted by Gasteiger charge is 2.18. The van der Waals surface area contributed by atoms with E-state index in [0.29, 0.717) is 29.5 Å². The Morgan fingerprint density at radius 3 is 2.75 bits per heavy atom. The number of hydrogen-bond donors (Lipinski definition) is 1. The molecule has 1 aliphatic rings. The number of benzene rings is 1. The smallest absolute Gasteiger partial charge is 0.255 e. The molecule has 1 fully saturated rings. The van der Waals surface area contributed by atoms with Crippen LogP contribution in [0, 0.1) is 0 Å². The summed E-state index contributed by atoms with van der Waals surface area (Å²) in [7, 11) is 3.64. The van der Waals surface area contributed by atoms with Crippen LogP contribution in [0.1, 0.15) is 23.2 Å². The van der Waals surface area contributed by atoms with Crippen molar-refractivity contribution in [1.82, 2.24) is 34.5 Å². The molecule has 1 aromatic carbocycles. The van der Waals surface area contributed by atoms with Crippen LogP contribution in [0.3, 0.4) is 0 Å². The van der Waals surface area contributed by atoms with Gasteiger partial charge < -0.3 is 19.9 Å². The number of likely N-dealkylation sites (tertiary alicyclic amines) is 1. The molecule has 0 bridgehead atoms. The summed E-state index contributed by atoms with van der Waals surface area (Å²) in [6.45, 7) is 3.72. The van der Waals surface area contributed by atoms with Crippen molar-refractivity contribution in [3.63, 3.8) is 0 Å². The second kappa shape index (κ2) is 10.5. The van der Waals surface area contributed by atoms with Crippen LogP contribution in [-0.4, -0.2) is 73.7 Å². The van der Waals surface area contributed by atoms with Gasteiger partial charge in [0.15, 0.2) is 5.82 Å². The number of anilines is 2. The molecule has 3 aromatic heterocycles. The lowest BCUT2D eigenvalue weighted by molar-refractivity contribution is 0.0782. The highest BCUT2D eigenvalue weighted by Crippen LogP contribution is 2.31. The van der Waals surface area contributed by atoms with Gasteiger partial charge in [0.1, 0.15) is 22.9 Å². The first-order valence-corrected chi connectivity index (χ1v) is 12.2. The molecule has 0 spiro atoms. The fourth-order valence-corrected chi connectivity index (χ4v) is 4.36. The Labute approximate surface area is 213 Å². The number of carbonyl (C=O) groups excluding carboxylic acids is 1. The molecule has 4 heterocycles. The van der Waals surface area contributed by atoms with Gasteiger partial charge in [-0.25, -0.2) is 15.0 Å². The molecule has 0 unspecified atom stereocenters. The molecule has 1 saturated heterocycles. The van der Waals surface area contributed by atoms with E-state index >= 15 is 0 Å². The minimum absolute atomic E-state index is 0.122. The first-order chi connectivity index (χ1) is 17.5. The predicted molar refractivity (Wildman–Crippen MR) is 138 cm³/mol. The Hall–Kier alpha value is -3.76. The molecule has 186 valence electrons. The summed E-state index contributed by atoms with van der Waals surface area (Å²) in [4.78, 5) is 29.9. The van der Waals surface area contributed by atoms with Crippen molar-refractivity contribution in [3.8, 4) is 11.6 Å². The third-order valence-electron chi connectivity index (χ3n) is 6.13. The molecule has 0 aliphatic carbocycles. The number of aryl methyl sites for hydroxylation is 1. The third-order valence-corrected chi connectivity index (χ3v) is 6.40. The van der Waals surface area contributed by atoms with Crippen LogP contribution in [0.4, 0.5) is 11.6 Å². The number of nitrogens with zero attached hydrogens (tertiary/aromatic N) is 7. The van der Waals surface area contributed by atoms with Gasteiger partial charge in [0.2, 0.25) is 5.88 Å².